The van der Waals surface area contributed by atoms with Crippen molar-refractivity contribution >= 4 is 27.7 Å². The van der Waals surface area contributed by atoms with E-state index in [9.17, 15) is 9.59 Å². The van der Waals surface area contributed by atoms with Crippen LogP contribution in [0.3, 0.4) is 0 Å². The van der Waals surface area contributed by atoms with Crippen LogP contribution < -0.4 is 4.74 Å². The fraction of sp³-hybridized carbons (Fsp3) is 0.467. The Morgan fingerprint density at radius 1 is 1.35 bits per heavy atom. The molecule has 0 aliphatic rings. The predicted octanol–water partition coefficient (Wildman–Crippen LogP) is 3.29. The lowest BCUT2D eigenvalue weighted by molar-refractivity contribution is -0.149. The summed E-state index contributed by atoms with van der Waals surface area (Å²) >= 11 is 3.43. The minimum Gasteiger partial charge on any atom is -0.492 e. The first-order valence-electron chi connectivity index (χ1n) is 6.43. The molecule has 5 heteroatoms. The van der Waals surface area contributed by atoms with Gasteiger partial charge in [-0.1, -0.05) is 6.07 Å². The van der Waals surface area contributed by atoms with Crippen LogP contribution in [0.5, 0.6) is 5.75 Å². The second kappa shape index (κ2) is 8.04. The van der Waals surface area contributed by atoms with Crippen molar-refractivity contribution in [2.45, 2.75) is 26.7 Å². The van der Waals surface area contributed by atoms with E-state index in [1.807, 2.05) is 25.1 Å². The summed E-state index contributed by atoms with van der Waals surface area (Å²) in [6.07, 6.45) is 1.05. The van der Waals surface area contributed by atoms with Crippen molar-refractivity contribution in [3.05, 3.63) is 28.2 Å². The van der Waals surface area contributed by atoms with Crippen molar-refractivity contribution in [2.24, 2.45) is 5.92 Å². The van der Waals surface area contributed by atoms with E-state index in [4.69, 9.17) is 4.74 Å². The Bertz CT molecular complexity index is 485. The van der Waals surface area contributed by atoms with Gasteiger partial charge in [-0.05, 0) is 60.3 Å². The Balaban J connectivity index is 2.44. The first kappa shape index (κ1) is 16.7. The molecule has 0 heterocycles. The maximum atomic E-state index is 11.4. The molecule has 0 N–H and O–H groups in total. The Hall–Kier alpha value is -1.36. The topological polar surface area (TPSA) is 52.6 Å². The first-order valence-corrected chi connectivity index (χ1v) is 7.22. The third kappa shape index (κ3) is 4.96. The summed E-state index contributed by atoms with van der Waals surface area (Å²) in [5.41, 5.74) is 1.14. The number of hydrogen-bond donors (Lipinski definition) is 0. The zero-order chi connectivity index (χ0) is 15.1. The van der Waals surface area contributed by atoms with Gasteiger partial charge in [0.25, 0.3) is 0 Å². The molecule has 0 amide bonds. The third-order valence-electron chi connectivity index (χ3n) is 2.96. The van der Waals surface area contributed by atoms with Crippen molar-refractivity contribution in [1.29, 1.82) is 0 Å². The molecule has 0 radical (unpaired) electrons. The number of methoxy groups -OCH3 is 1. The van der Waals surface area contributed by atoms with E-state index < -0.39 is 11.9 Å². The van der Waals surface area contributed by atoms with Crippen molar-refractivity contribution in [3.8, 4) is 5.75 Å². The van der Waals surface area contributed by atoms with Gasteiger partial charge >= 0.3 is 5.97 Å². The molecule has 1 aromatic rings. The fourth-order valence-corrected chi connectivity index (χ4v) is 2.43. The number of halogens is 1. The number of benzene rings is 1. The summed E-state index contributed by atoms with van der Waals surface area (Å²) in [6.45, 7) is 3.85. The molecule has 1 atom stereocenters. The Morgan fingerprint density at radius 3 is 2.60 bits per heavy atom. The monoisotopic (exact) mass is 342 g/mol. The zero-order valence-electron chi connectivity index (χ0n) is 11.9. The molecule has 0 aliphatic heterocycles. The van der Waals surface area contributed by atoms with Gasteiger partial charge in [-0.3, -0.25) is 9.59 Å². The third-order valence-corrected chi connectivity index (χ3v) is 3.58. The molecule has 20 heavy (non-hydrogen) atoms. The molecule has 4 nitrogen and oxygen atoms in total. The van der Waals surface area contributed by atoms with Crippen LogP contribution in [0.15, 0.2) is 22.7 Å². The van der Waals surface area contributed by atoms with Crippen LogP contribution in [0, 0.1) is 12.8 Å². The van der Waals surface area contributed by atoms with Gasteiger partial charge in [-0.15, -0.1) is 0 Å². The molecule has 0 saturated carbocycles. The maximum absolute atomic E-state index is 11.4. The first-order chi connectivity index (χ1) is 9.45. The molecule has 0 fully saturated rings. The lowest BCUT2D eigenvalue weighted by Crippen LogP contribution is -2.23. The Labute approximate surface area is 127 Å². The van der Waals surface area contributed by atoms with Gasteiger partial charge in [0.05, 0.1) is 18.2 Å². The van der Waals surface area contributed by atoms with Crippen LogP contribution in [-0.4, -0.2) is 25.5 Å². The number of carbonyl (C=O) groups excluding carboxylic acids is 2. The number of aryl methyl sites for hydroxylation is 1. The number of ketones is 1. The smallest absolute Gasteiger partial charge is 0.316 e. The summed E-state index contributed by atoms with van der Waals surface area (Å²) in [7, 11) is 1.29. The Kier molecular flexibility index (Phi) is 6.71. The highest BCUT2D eigenvalue weighted by Gasteiger charge is 2.23. The summed E-state index contributed by atoms with van der Waals surface area (Å²) < 4.78 is 11.1. The van der Waals surface area contributed by atoms with Crippen molar-refractivity contribution in [1.82, 2.24) is 0 Å². The van der Waals surface area contributed by atoms with E-state index in [0.717, 1.165) is 15.8 Å². The molecular formula is C15H19BrO4. The molecule has 1 aromatic carbocycles. The predicted molar refractivity (Wildman–Crippen MR) is 79.8 cm³/mol. The van der Waals surface area contributed by atoms with Gasteiger partial charge in [-0.2, -0.15) is 0 Å². The quantitative estimate of drug-likeness (QED) is 0.433. The van der Waals surface area contributed by atoms with Crippen molar-refractivity contribution < 1.29 is 19.1 Å². The number of hydrogen-bond acceptors (Lipinski definition) is 4. The highest BCUT2D eigenvalue weighted by molar-refractivity contribution is 9.10. The Morgan fingerprint density at radius 2 is 2.05 bits per heavy atom. The highest BCUT2D eigenvalue weighted by atomic mass is 79.9. The number of esters is 1. The largest absolute Gasteiger partial charge is 0.492 e. The fourth-order valence-electron chi connectivity index (χ4n) is 1.82. The highest BCUT2D eigenvalue weighted by Crippen LogP contribution is 2.26. The van der Waals surface area contributed by atoms with Crippen LogP contribution in [0.1, 0.15) is 25.3 Å². The summed E-state index contributed by atoms with van der Waals surface area (Å²) in [6, 6.07) is 5.83. The number of carbonyl (C=O) groups is 2. The molecule has 0 bridgehead atoms. The maximum Gasteiger partial charge on any atom is 0.316 e. The van der Waals surface area contributed by atoms with Crippen molar-refractivity contribution in [3.63, 3.8) is 0 Å². The molecule has 1 unspecified atom stereocenters. The SMILES string of the molecule is COC(=O)C(CCCOc1ccc(C)cc1Br)C(C)=O. The van der Waals surface area contributed by atoms with E-state index in [-0.39, 0.29) is 5.78 Å². The van der Waals surface area contributed by atoms with Gasteiger partial charge in [0.15, 0.2) is 0 Å². The normalized spacial score (nSPS) is 11.8. The van der Waals surface area contributed by atoms with Gasteiger partial charge in [0.2, 0.25) is 0 Å². The molecule has 0 saturated heterocycles. The van der Waals surface area contributed by atoms with E-state index in [1.54, 1.807) is 0 Å². The average Bonchev–Trinajstić information content (AvgIpc) is 2.39. The second-order valence-electron chi connectivity index (χ2n) is 4.61. The summed E-state index contributed by atoms with van der Waals surface area (Å²) in [4.78, 5) is 22.8. The average molecular weight is 343 g/mol. The molecule has 0 spiro atoms. The molecule has 110 valence electrons. The second-order valence-corrected chi connectivity index (χ2v) is 5.47. The summed E-state index contributed by atoms with van der Waals surface area (Å²) in [5.74, 6) is -0.583. The van der Waals surface area contributed by atoms with Crippen LogP contribution in [0.25, 0.3) is 0 Å². The van der Waals surface area contributed by atoms with Gasteiger partial charge in [0, 0.05) is 0 Å². The molecule has 1 rings (SSSR count). The van der Waals surface area contributed by atoms with E-state index in [2.05, 4.69) is 20.7 Å². The van der Waals surface area contributed by atoms with Crippen LogP contribution in [-0.2, 0) is 14.3 Å². The number of rotatable bonds is 7. The van der Waals surface area contributed by atoms with E-state index >= 15 is 0 Å². The van der Waals surface area contributed by atoms with E-state index in [1.165, 1.54) is 14.0 Å². The van der Waals surface area contributed by atoms with Crippen LogP contribution in [0.4, 0.5) is 0 Å². The minimum absolute atomic E-state index is 0.173. The number of ether oxygens (including phenoxy) is 2. The van der Waals surface area contributed by atoms with Crippen LogP contribution >= 0.6 is 15.9 Å². The zero-order valence-corrected chi connectivity index (χ0v) is 13.5. The van der Waals surface area contributed by atoms with E-state index in [0.29, 0.717) is 19.4 Å². The standard InChI is InChI=1S/C15H19BrO4/c1-10-6-7-14(13(16)9-10)20-8-4-5-12(11(2)17)15(18)19-3/h6-7,9,12H,4-5,8H2,1-3H3. The summed E-state index contributed by atoms with van der Waals surface area (Å²) in [5, 5.41) is 0. The number of Topliss-reactive ketones (excluding diaryl/α,β-unsaturated/α-hetero) is 1. The lowest BCUT2D eigenvalue weighted by atomic mass is 10.00. The van der Waals surface area contributed by atoms with Crippen molar-refractivity contribution in [2.75, 3.05) is 13.7 Å². The van der Waals surface area contributed by atoms with Gasteiger partial charge in [-0.25, -0.2) is 0 Å². The molecule has 0 aromatic heterocycles. The van der Waals surface area contributed by atoms with Gasteiger partial charge in [0.1, 0.15) is 17.5 Å². The minimum atomic E-state index is -0.690. The van der Waals surface area contributed by atoms with Crippen LogP contribution in [0.2, 0.25) is 0 Å². The van der Waals surface area contributed by atoms with Gasteiger partial charge < -0.3 is 9.47 Å². The molecular weight excluding hydrogens is 324 g/mol. The molecule has 0 aliphatic carbocycles. The lowest BCUT2D eigenvalue weighted by Gasteiger charge is -2.12.